The van der Waals surface area contributed by atoms with Gasteiger partial charge in [0, 0.05) is 0 Å². The molecule has 4 heterocycles. The minimum atomic E-state index is -2.02. The number of hydrogen-bond acceptors (Lipinski definition) is 21. The molecule has 0 aromatic rings. The zero-order valence-corrected chi connectivity index (χ0v) is 23.5. The van der Waals surface area contributed by atoms with Gasteiger partial charge in [0.25, 0.3) is 0 Å². The molecular weight excluding hydrogens is 624 g/mol. The second kappa shape index (κ2) is 15.6. The molecule has 4 aliphatic heterocycles. The molecule has 21 nitrogen and oxygen atoms in total. The second-order valence-corrected chi connectivity index (χ2v) is 11.1. The third-order valence-corrected chi connectivity index (χ3v) is 8.20. The van der Waals surface area contributed by atoms with Gasteiger partial charge in [-0.05, 0) is 0 Å². The molecule has 4 aliphatic rings. The second-order valence-electron chi connectivity index (χ2n) is 11.1. The third-order valence-electron chi connectivity index (χ3n) is 8.20. The van der Waals surface area contributed by atoms with Crippen LogP contribution in [0.1, 0.15) is 0 Å². The van der Waals surface area contributed by atoms with E-state index >= 15 is 0 Å². The first-order valence-electron chi connectivity index (χ1n) is 14.1. The van der Waals surface area contributed by atoms with E-state index in [-0.39, 0.29) is 0 Å². The molecule has 45 heavy (non-hydrogen) atoms. The Hall–Kier alpha value is -0.840. The first-order valence-corrected chi connectivity index (χ1v) is 14.1. The lowest BCUT2D eigenvalue weighted by Gasteiger charge is -2.49. The summed E-state index contributed by atoms with van der Waals surface area (Å²) in [6, 6.07) is 0. The first kappa shape index (κ1) is 37.0. The highest BCUT2D eigenvalue weighted by Gasteiger charge is 2.55. The summed E-state index contributed by atoms with van der Waals surface area (Å²) in [5, 5.41) is 142. The van der Waals surface area contributed by atoms with Gasteiger partial charge in [0.2, 0.25) is 0 Å². The molecule has 21 heteroatoms. The fourth-order valence-corrected chi connectivity index (χ4v) is 5.55. The van der Waals surface area contributed by atoms with Crippen LogP contribution in [0.25, 0.3) is 0 Å². The molecule has 4 saturated heterocycles. The van der Waals surface area contributed by atoms with Crippen LogP contribution in [0.3, 0.4) is 0 Å². The van der Waals surface area contributed by atoms with Crippen LogP contribution in [-0.4, -0.2) is 221 Å². The van der Waals surface area contributed by atoms with E-state index in [1.165, 1.54) is 0 Å². The molecule has 0 bridgehead atoms. The van der Waals surface area contributed by atoms with Crippen LogP contribution in [0, 0.1) is 0 Å². The average molecular weight is 667 g/mol. The van der Waals surface area contributed by atoms with Crippen LogP contribution in [-0.2, 0) is 33.2 Å². The van der Waals surface area contributed by atoms with Gasteiger partial charge in [0.15, 0.2) is 25.2 Å². The molecule has 4 rings (SSSR count). The van der Waals surface area contributed by atoms with E-state index in [0.717, 1.165) is 0 Å². The van der Waals surface area contributed by atoms with Gasteiger partial charge in [-0.1, -0.05) is 0 Å². The van der Waals surface area contributed by atoms with E-state index in [1.54, 1.807) is 0 Å². The number of rotatable bonds is 10. The van der Waals surface area contributed by atoms with E-state index in [4.69, 9.17) is 33.2 Å². The van der Waals surface area contributed by atoms with E-state index in [9.17, 15) is 71.5 Å². The Labute approximate surface area is 254 Å². The summed E-state index contributed by atoms with van der Waals surface area (Å²) in [5.41, 5.74) is 0. The predicted octanol–water partition coefficient (Wildman–Crippen LogP) is -9.75. The van der Waals surface area contributed by atoms with Gasteiger partial charge < -0.3 is 105 Å². The van der Waals surface area contributed by atoms with Crippen LogP contribution in [0.4, 0.5) is 0 Å². The molecule has 264 valence electrons. The summed E-state index contributed by atoms with van der Waals surface area (Å²) in [5.74, 6) is 0. The van der Waals surface area contributed by atoms with Gasteiger partial charge in [0.1, 0.15) is 97.7 Å². The fraction of sp³-hybridized carbons (Fsp3) is 1.00. The maximum Gasteiger partial charge on any atom is 0.187 e. The summed E-state index contributed by atoms with van der Waals surface area (Å²) >= 11 is 0. The quantitative estimate of drug-likeness (QED) is 0.103. The van der Waals surface area contributed by atoms with Crippen molar-refractivity contribution >= 4 is 0 Å². The monoisotopic (exact) mass is 666 g/mol. The lowest BCUT2D eigenvalue weighted by atomic mass is 9.95. The molecule has 0 aliphatic carbocycles. The zero-order valence-electron chi connectivity index (χ0n) is 23.5. The Kier molecular flexibility index (Phi) is 12.8. The van der Waals surface area contributed by atoms with E-state index < -0.39 is 149 Å². The number of hydrogen-bond donors (Lipinski definition) is 14. The summed E-state index contributed by atoms with van der Waals surface area (Å²) < 4.78 is 37.7. The average Bonchev–Trinajstić information content (AvgIpc) is 3.03. The molecule has 0 radical (unpaired) electrons. The van der Waals surface area contributed by atoms with Crippen LogP contribution < -0.4 is 0 Å². The van der Waals surface area contributed by atoms with Crippen molar-refractivity contribution in [1.29, 1.82) is 0 Å². The molecule has 10 unspecified atom stereocenters. The largest absolute Gasteiger partial charge is 0.394 e. The molecule has 0 aromatic carbocycles. The molecule has 0 saturated carbocycles. The number of aliphatic hydroxyl groups is 14. The minimum absolute atomic E-state index is 0.784. The van der Waals surface area contributed by atoms with Crippen LogP contribution in [0.2, 0.25) is 0 Å². The lowest BCUT2D eigenvalue weighted by Crippen LogP contribution is -2.67. The van der Waals surface area contributed by atoms with Gasteiger partial charge in [-0.15, -0.1) is 0 Å². The van der Waals surface area contributed by atoms with Crippen molar-refractivity contribution in [3.63, 3.8) is 0 Å². The number of ether oxygens (including phenoxy) is 7. The Bertz CT molecular complexity index is 910. The van der Waals surface area contributed by atoms with Crippen LogP contribution >= 0.6 is 0 Å². The van der Waals surface area contributed by atoms with E-state index in [2.05, 4.69) is 0 Å². The van der Waals surface area contributed by atoms with Crippen molar-refractivity contribution in [3.8, 4) is 0 Å². The molecule has 4 fully saturated rings. The Balaban J connectivity index is 1.43. The maximum absolute atomic E-state index is 10.9. The van der Waals surface area contributed by atoms with Gasteiger partial charge in [-0.2, -0.15) is 0 Å². The van der Waals surface area contributed by atoms with Crippen molar-refractivity contribution in [2.75, 3.05) is 26.4 Å². The van der Waals surface area contributed by atoms with Crippen molar-refractivity contribution < 1.29 is 105 Å². The van der Waals surface area contributed by atoms with Gasteiger partial charge in [-0.25, -0.2) is 0 Å². The smallest absolute Gasteiger partial charge is 0.187 e. The Morgan fingerprint density at radius 3 is 1.02 bits per heavy atom. The standard InChI is InChI=1S/C24H42O21/c25-1-5-9(29)10(30)15(35)22(40-5)44-19-7(3-27)42-24(17(37)12(19)32)45-20-8(4-28)41-23(16(36)13(20)33)43-18-6(2-26)39-21(38)14(34)11(18)31/h5-38H,1-4H2/t5?,6?,7?,8?,9-,10+,11?,12?,13-,14?,15?,16?,17?,18-,19-,20-,21-,22+,23+,24+/m1/s1. The van der Waals surface area contributed by atoms with E-state index in [0.29, 0.717) is 0 Å². The highest BCUT2D eigenvalue weighted by Crippen LogP contribution is 2.34. The SMILES string of the molecule is OCC1O[C@@H](O[C@@H]2C(CO)O[C@@H](O[C@@H]3C(CO)O[C@@H](O)C(O)C3O)C(O)[C@H]2O)C(O)C(O)[C@@H]1O[C@@H]1OC(CO)[C@@H](O)[C@H](O)C1O. The summed E-state index contributed by atoms with van der Waals surface area (Å²) in [7, 11) is 0. The maximum atomic E-state index is 10.9. The molecule has 20 atom stereocenters. The number of aliphatic hydroxyl groups excluding tert-OH is 14. The Morgan fingerprint density at radius 2 is 0.644 bits per heavy atom. The van der Waals surface area contributed by atoms with Crippen LogP contribution in [0.5, 0.6) is 0 Å². The topological polar surface area (TPSA) is 348 Å². The van der Waals surface area contributed by atoms with Crippen LogP contribution in [0.15, 0.2) is 0 Å². The van der Waals surface area contributed by atoms with Crippen molar-refractivity contribution in [1.82, 2.24) is 0 Å². The third kappa shape index (κ3) is 7.44. The van der Waals surface area contributed by atoms with Gasteiger partial charge >= 0.3 is 0 Å². The normalized spacial score (nSPS) is 52.9. The molecule has 14 N–H and O–H groups in total. The van der Waals surface area contributed by atoms with Crippen molar-refractivity contribution in [2.45, 2.75) is 123 Å². The van der Waals surface area contributed by atoms with E-state index in [1.807, 2.05) is 0 Å². The predicted molar refractivity (Wildman–Crippen MR) is 134 cm³/mol. The van der Waals surface area contributed by atoms with Crippen molar-refractivity contribution in [2.24, 2.45) is 0 Å². The van der Waals surface area contributed by atoms with Gasteiger partial charge in [-0.3, -0.25) is 0 Å². The lowest BCUT2D eigenvalue weighted by molar-refractivity contribution is -0.387. The highest BCUT2D eigenvalue weighted by atomic mass is 16.8. The Morgan fingerprint density at radius 1 is 0.333 bits per heavy atom. The highest BCUT2D eigenvalue weighted by molar-refractivity contribution is 4.97. The summed E-state index contributed by atoms with van der Waals surface area (Å²) in [6.45, 7) is -3.39. The fourth-order valence-electron chi connectivity index (χ4n) is 5.55. The summed E-state index contributed by atoms with van der Waals surface area (Å²) in [4.78, 5) is 0. The molecule has 0 spiro atoms. The molecular formula is C24H42O21. The van der Waals surface area contributed by atoms with Crippen molar-refractivity contribution in [3.05, 3.63) is 0 Å². The summed E-state index contributed by atoms with van der Waals surface area (Å²) in [6.07, 6.45) is -35.3. The zero-order chi connectivity index (χ0) is 33.3. The minimum Gasteiger partial charge on any atom is -0.394 e. The van der Waals surface area contributed by atoms with Gasteiger partial charge in [0.05, 0.1) is 26.4 Å². The first-order chi connectivity index (χ1) is 21.3. The molecule has 0 amide bonds. The molecule has 0 aromatic heterocycles.